The average Bonchev–Trinajstić information content (AvgIpc) is 3.75. The van der Waals surface area contributed by atoms with Gasteiger partial charge < -0.3 is 19.9 Å². The zero-order chi connectivity index (χ0) is 35.9. The van der Waals surface area contributed by atoms with Crippen molar-refractivity contribution in [1.29, 1.82) is 0 Å². The number of piperidine rings is 1. The SMILES string of the molecule is Cc1c(Nc2nccc3cc(CN4CC[C@H](O)C4)cnc23)cccc1-c1cccc(-c2nc3cc(CN4CCCC[C@H]4C(=O)O)cc(Cl)c3o2)c1C. The van der Waals surface area contributed by atoms with E-state index in [0.717, 1.165) is 94.4 Å². The van der Waals surface area contributed by atoms with Crippen molar-refractivity contribution in [3.05, 3.63) is 100 Å². The molecule has 0 radical (unpaired) electrons. The van der Waals surface area contributed by atoms with E-state index in [4.69, 9.17) is 26.0 Å². The van der Waals surface area contributed by atoms with E-state index in [1.807, 2.05) is 47.5 Å². The Morgan fingerprint density at radius 2 is 1.75 bits per heavy atom. The summed E-state index contributed by atoms with van der Waals surface area (Å²) in [4.78, 5) is 30.5. The monoisotopic (exact) mass is 716 g/mol. The summed E-state index contributed by atoms with van der Waals surface area (Å²) in [6.07, 6.45) is 6.82. The smallest absolute Gasteiger partial charge is 0.320 e. The molecule has 0 amide bonds. The molecule has 266 valence electrons. The molecule has 3 N–H and O–H groups in total. The number of fused-ring (bicyclic) bond motifs is 2. The van der Waals surface area contributed by atoms with Crippen molar-refractivity contribution < 1.29 is 19.4 Å². The summed E-state index contributed by atoms with van der Waals surface area (Å²) in [6, 6.07) is 19.8. The van der Waals surface area contributed by atoms with E-state index in [-0.39, 0.29) is 6.10 Å². The minimum Gasteiger partial charge on any atom is -0.480 e. The molecule has 0 bridgehead atoms. The highest BCUT2D eigenvalue weighted by Gasteiger charge is 2.29. The number of aliphatic hydroxyl groups is 1. The number of aliphatic hydroxyl groups excluding tert-OH is 1. The number of nitrogens with one attached hydrogen (secondary N) is 1. The van der Waals surface area contributed by atoms with Crippen LogP contribution in [0.1, 0.15) is 47.9 Å². The lowest BCUT2D eigenvalue weighted by Crippen LogP contribution is -2.43. The Bertz CT molecular complexity index is 2310. The van der Waals surface area contributed by atoms with Gasteiger partial charge in [-0.15, -0.1) is 0 Å². The third kappa shape index (κ3) is 6.75. The second-order valence-electron chi connectivity index (χ2n) is 14.1. The number of aliphatic carboxylic acids is 1. The van der Waals surface area contributed by atoms with Crippen LogP contribution in [0.4, 0.5) is 11.5 Å². The van der Waals surface area contributed by atoms with E-state index in [2.05, 4.69) is 53.3 Å². The fourth-order valence-electron chi connectivity index (χ4n) is 7.79. The van der Waals surface area contributed by atoms with Crippen LogP contribution in [0.3, 0.4) is 0 Å². The Kier molecular flexibility index (Phi) is 9.40. The van der Waals surface area contributed by atoms with Crippen LogP contribution in [0.2, 0.25) is 5.02 Å². The van der Waals surface area contributed by atoms with Crippen LogP contribution in [-0.2, 0) is 17.9 Å². The quantitative estimate of drug-likeness (QED) is 0.135. The van der Waals surface area contributed by atoms with Crippen molar-refractivity contribution in [2.24, 2.45) is 0 Å². The second kappa shape index (κ2) is 14.3. The van der Waals surface area contributed by atoms with Crippen LogP contribution >= 0.6 is 11.6 Å². The number of carboxylic acids is 1. The van der Waals surface area contributed by atoms with Crippen molar-refractivity contribution in [2.75, 3.05) is 25.0 Å². The molecular formula is C41H41ClN6O4. The van der Waals surface area contributed by atoms with Crippen molar-refractivity contribution in [1.82, 2.24) is 24.8 Å². The van der Waals surface area contributed by atoms with E-state index >= 15 is 0 Å². The van der Waals surface area contributed by atoms with Gasteiger partial charge in [0.05, 0.1) is 11.1 Å². The third-order valence-electron chi connectivity index (χ3n) is 10.5. The first kappa shape index (κ1) is 34.2. The number of anilines is 2. The molecule has 2 aliphatic heterocycles. The zero-order valence-corrected chi connectivity index (χ0v) is 30.0. The molecule has 0 spiro atoms. The van der Waals surface area contributed by atoms with Crippen LogP contribution < -0.4 is 5.32 Å². The number of halogens is 1. The minimum absolute atomic E-state index is 0.249. The number of pyridine rings is 2. The van der Waals surface area contributed by atoms with E-state index < -0.39 is 12.0 Å². The fourth-order valence-corrected chi connectivity index (χ4v) is 8.07. The molecule has 0 aliphatic carbocycles. The van der Waals surface area contributed by atoms with Crippen LogP contribution in [-0.4, -0.2) is 72.7 Å². The number of β-amino-alcohol motifs (C(OH)–C–C–N with tert-alkyl or cyclic N) is 1. The van der Waals surface area contributed by atoms with Gasteiger partial charge in [-0.2, -0.15) is 0 Å². The number of carboxylic acid groups (broad SMARTS) is 1. The maximum absolute atomic E-state index is 11.9. The van der Waals surface area contributed by atoms with Crippen molar-refractivity contribution in [2.45, 2.75) is 64.8 Å². The lowest BCUT2D eigenvalue weighted by molar-refractivity contribution is -0.144. The molecule has 2 aliphatic rings. The van der Waals surface area contributed by atoms with Gasteiger partial charge in [0.25, 0.3) is 0 Å². The number of nitrogens with zero attached hydrogens (tertiary/aromatic N) is 5. The molecule has 6 aromatic rings. The first-order valence-electron chi connectivity index (χ1n) is 17.9. The predicted molar refractivity (Wildman–Crippen MR) is 204 cm³/mol. The van der Waals surface area contributed by atoms with Gasteiger partial charge in [0.15, 0.2) is 11.4 Å². The number of oxazole rings is 1. The molecular weight excluding hydrogens is 676 g/mol. The molecule has 2 saturated heterocycles. The first-order chi connectivity index (χ1) is 25.2. The number of hydrogen-bond donors (Lipinski definition) is 3. The predicted octanol–water partition coefficient (Wildman–Crippen LogP) is 8.12. The second-order valence-corrected chi connectivity index (χ2v) is 14.5. The molecule has 52 heavy (non-hydrogen) atoms. The van der Waals surface area contributed by atoms with Crippen LogP contribution in [0.5, 0.6) is 0 Å². The summed E-state index contributed by atoms with van der Waals surface area (Å²) in [5, 5.41) is 24.7. The number of rotatable bonds is 9. The van der Waals surface area contributed by atoms with E-state index in [1.165, 1.54) is 0 Å². The molecule has 5 heterocycles. The summed E-state index contributed by atoms with van der Waals surface area (Å²) in [5.41, 5.74) is 9.98. The summed E-state index contributed by atoms with van der Waals surface area (Å²) < 4.78 is 6.29. The number of carbonyl (C=O) groups is 1. The summed E-state index contributed by atoms with van der Waals surface area (Å²) in [5.74, 6) is 0.385. The number of likely N-dealkylation sites (tertiary alicyclic amines) is 2. The van der Waals surface area contributed by atoms with E-state index in [1.54, 1.807) is 6.20 Å². The summed E-state index contributed by atoms with van der Waals surface area (Å²) in [6.45, 7) is 7.75. The summed E-state index contributed by atoms with van der Waals surface area (Å²) in [7, 11) is 0. The van der Waals surface area contributed by atoms with Gasteiger partial charge in [0.2, 0.25) is 5.89 Å². The molecule has 11 heteroatoms. The Labute approximate surface area is 307 Å². The maximum atomic E-state index is 11.9. The molecule has 10 nitrogen and oxygen atoms in total. The largest absolute Gasteiger partial charge is 0.480 e. The van der Waals surface area contributed by atoms with Crippen molar-refractivity contribution >= 4 is 51.1 Å². The van der Waals surface area contributed by atoms with Crippen molar-refractivity contribution in [3.8, 4) is 22.6 Å². The lowest BCUT2D eigenvalue weighted by Gasteiger charge is -2.32. The van der Waals surface area contributed by atoms with Gasteiger partial charge in [-0.05, 0) is 109 Å². The highest BCUT2D eigenvalue weighted by molar-refractivity contribution is 6.34. The van der Waals surface area contributed by atoms with Gasteiger partial charge >= 0.3 is 5.97 Å². The Morgan fingerprint density at radius 3 is 2.56 bits per heavy atom. The third-order valence-corrected chi connectivity index (χ3v) is 10.8. The molecule has 3 aromatic carbocycles. The van der Waals surface area contributed by atoms with Gasteiger partial charge in [-0.1, -0.05) is 42.3 Å². The topological polar surface area (TPSA) is 128 Å². The Hall–Kier alpha value is -4.87. The number of benzene rings is 3. The first-order valence-corrected chi connectivity index (χ1v) is 18.3. The van der Waals surface area contributed by atoms with Gasteiger partial charge in [0, 0.05) is 55.2 Å². The fraction of sp³-hybridized carbons (Fsp3) is 0.317. The van der Waals surface area contributed by atoms with Gasteiger partial charge in [-0.3, -0.25) is 19.6 Å². The molecule has 3 aromatic heterocycles. The van der Waals surface area contributed by atoms with Crippen LogP contribution in [0, 0.1) is 13.8 Å². The number of aromatic nitrogens is 3. The van der Waals surface area contributed by atoms with E-state index in [9.17, 15) is 15.0 Å². The highest BCUT2D eigenvalue weighted by atomic mass is 35.5. The molecule has 8 rings (SSSR count). The van der Waals surface area contributed by atoms with Gasteiger partial charge in [0.1, 0.15) is 17.1 Å². The number of hydrogen-bond acceptors (Lipinski definition) is 9. The zero-order valence-electron chi connectivity index (χ0n) is 29.3. The Morgan fingerprint density at radius 1 is 0.942 bits per heavy atom. The van der Waals surface area contributed by atoms with Crippen molar-refractivity contribution in [3.63, 3.8) is 0 Å². The molecule has 2 atom stereocenters. The molecule has 0 saturated carbocycles. The lowest BCUT2D eigenvalue weighted by atomic mass is 9.93. The standard InChI is InChI=1S/C41H41ClN6O4/c1-24-30(7-5-9-32(24)40-46-35-19-26(18-33(42)38(35)52-40)22-48-15-4-3-11-36(48)41(50)51)31-8-6-10-34(25(31)2)45-39-37-28(12-14-43-39)17-27(20-44-37)21-47-16-13-29(49)23-47/h5-10,12,14,17-20,29,36,49H,3-4,11,13,15-16,21-23H2,1-2H3,(H,43,45)(H,50,51)/t29-,36-/m0/s1. The van der Waals surface area contributed by atoms with Gasteiger partial charge in [-0.25, -0.2) is 9.97 Å². The van der Waals surface area contributed by atoms with Crippen LogP contribution in [0.15, 0.2) is 77.5 Å². The average molecular weight is 717 g/mol. The summed E-state index contributed by atoms with van der Waals surface area (Å²) >= 11 is 6.74. The molecule has 2 fully saturated rings. The normalized spacial score (nSPS) is 18.4. The Balaban J connectivity index is 1.06. The van der Waals surface area contributed by atoms with Crippen LogP contribution in [0.25, 0.3) is 44.6 Å². The van der Waals surface area contributed by atoms with E-state index in [0.29, 0.717) is 47.3 Å². The molecule has 0 unspecified atom stereocenters. The highest BCUT2D eigenvalue weighted by Crippen LogP contribution is 2.38. The minimum atomic E-state index is -0.783. The maximum Gasteiger partial charge on any atom is 0.320 e.